The lowest BCUT2D eigenvalue weighted by atomic mass is 10.1. The van der Waals surface area contributed by atoms with E-state index in [1.165, 1.54) is 0 Å². The molecule has 2 N–H and O–H groups in total. The third-order valence-electron chi connectivity index (χ3n) is 3.04. The second-order valence-corrected chi connectivity index (χ2v) is 4.55. The van der Waals surface area contributed by atoms with Crippen molar-refractivity contribution < 1.29 is 4.79 Å². The van der Waals surface area contributed by atoms with Crippen molar-refractivity contribution in [2.45, 2.75) is 19.9 Å². The van der Waals surface area contributed by atoms with E-state index in [4.69, 9.17) is 0 Å². The number of hydrogen-bond donors (Lipinski definition) is 2. The Balaban J connectivity index is 1.97. The van der Waals surface area contributed by atoms with Gasteiger partial charge in [0, 0.05) is 5.69 Å². The van der Waals surface area contributed by atoms with Crippen LogP contribution in [0.15, 0.2) is 54.6 Å². The number of amides is 2. The first-order chi connectivity index (χ1) is 9.16. The Labute approximate surface area is 113 Å². The summed E-state index contributed by atoms with van der Waals surface area (Å²) < 4.78 is 0. The Hall–Kier alpha value is -2.29. The zero-order valence-corrected chi connectivity index (χ0v) is 11.2. The SMILES string of the molecule is Cc1ccccc1NC(=O)N[C@@H](C)c1ccccc1. The number of carbonyl (C=O) groups is 1. The molecule has 0 bridgehead atoms. The molecule has 0 heterocycles. The highest BCUT2D eigenvalue weighted by Crippen LogP contribution is 2.14. The Kier molecular flexibility index (Phi) is 4.18. The summed E-state index contributed by atoms with van der Waals surface area (Å²) in [6.45, 7) is 3.93. The smallest absolute Gasteiger partial charge is 0.319 e. The van der Waals surface area contributed by atoms with Crippen LogP contribution in [0.25, 0.3) is 0 Å². The quantitative estimate of drug-likeness (QED) is 0.857. The van der Waals surface area contributed by atoms with Gasteiger partial charge in [0.1, 0.15) is 0 Å². The molecule has 0 radical (unpaired) electrons. The number of urea groups is 1. The second-order valence-electron chi connectivity index (χ2n) is 4.55. The molecule has 0 aliphatic carbocycles. The fraction of sp³-hybridized carbons (Fsp3) is 0.188. The summed E-state index contributed by atoms with van der Waals surface area (Å²) in [6, 6.07) is 17.4. The topological polar surface area (TPSA) is 41.1 Å². The van der Waals surface area contributed by atoms with Gasteiger partial charge in [-0.05, 0) is 31.0 Å². The highest BCUT2D eigenvalue weighted by molar-refractivity contribution is 5.90. The molecule has 2 aromatic carbocycles. The van der Waals surface area contributed by atoms with Crippen LogP contribution in [0, 0.1) is 6.92 Å². The van der Waals surface area contributed by atoms with Gasteiger partial charge in [-0.25, -0.2) is 4.79 Å². The predicted octanol–water partition coefficient (Wildman–Crippen LogP) is 3.88. The molecule has 0 aliphatic heterocycles. The van der Waals surface area contributed by atoms with Crippen LogP contribution < -0.4 is 10.6 Å². The summed E-state index contributed by atoms with van der Waals surface area (Å²) in [7, 11) is 0. The molecule has 3 nitrogen and oxygen atoms in total. The highest BCUT2D eigenvalue weighted by Gasteiger charge is 2.09. The van der Waals surface area contributed by atoms with Crippen LogP contribution in [0.1, 0.15) is 24.1 Å². The molecular weight excluding hydrogens is 236 g/mol. The van der Waals surface area contributed by atoms with Crippen molar-refractivity contribution in [3.63, 3.8) is 0 Å². The molecule has 0 saturated heterocycles. The molecule has 98 valence electrons. The van der Waals surface area contributed by atoms with Gasteiger partial charge in [-0.1, -0.05) is 48.5 Å². The predicted molar refractivity (Wildman–Crippen MR) is 78.2 cm³/mol. The molecule has 0 aromatic heterocycles. The molecule has 0 spiro atoms. The minimum Gasteiger partial charge on any atom is -0.331 e. The van der Waals surface area contributed by atoms with E-state index in [1.807, 2.05) is 68.4 Å². The third kappa shape index (κ3) is 3.58. The molecule has 2 aromatic rings. The molecule has 0 unspecified atom stereocenters. The number of para-hydroxylation sites is 1. The maximum absolute atomic E-state index is 11.9. The van der Waals surface area contributed by atoms with Crippen LogP contribution in [0.4, 0.5) is 10.5 Å². The van der Waals surface area contributed by atoms with E-state index in [-0.39, 0.29) is 12.1 Å². The molecule has 1 atom stereocenters. The summed E-state index contributed by atoms with van der Waals surface area (Å²) in [4.78, 5) is 11.9. The van der Waals surface area contributed by atoms with Crippen LogP contribution in [0.5, 0.6) is 0 Å². The van der Waals surface area contributed by atoms with Gasteiger partial charge < -0.3 is 10.6 Å². The van der Waals surface area contributed by atoms with E-state index >= 15 is 0 Å². The first-order valence-corrected chi connectivity index (χ1v) is 6.35. The average Bonchev–Trinajstić information content (AvgIpc) is 2.42. The molecule has 0 aliphatic rings. The minimum atomic E-state index is -0.189. The van der Waals surface area contributed by atoms with Gasteiger partial charge in [0.2, 0.25) is 0 Å². The number of nitrogens with one attached hydrogen (secondary N) is 2. The molecule has 2 amide bonds. The van der Waals surface area contributed by atoms with E-state index in [2.05, 4.69) is 10.6 Å². The lowest BCUT2D eigenvalue weighted by Gasteiger charge is -2.15. The normalized spacial score (nSPS) is 11.7. The van der Waals surface area contributed by atoms with Gasteiger partial charge in [0.15, 0.2) is 0 Å². The van der Waals surface area contributed by atoms with Crippen LogP contribution >= 0.6 is 0 Å². The number of aryl methyl sites for hydroxylation is 1. The average molecular weight is 254 g/mol. The monoisotopic (exact) mass is 254 g/mol. The largest absolute Gasteiger partial charge is 0.331 e. The summed E-state index contributed by atoms with van der Waals surface area (Å²) in [6.07, 6.45) is 0. The van der Waals surface area contributed by atoms with E-state index in [1.54, 1.807) is 0 Å². The van der Waals surface area contributed by atoms with Gasteiger partial charge in [0.05, 0.1) is 6.04 Å². The van der Waals surface area contributed by atoms with Crippen molar-refractivity contribution in [2.24, 2.45) is 0 Å². The van der Waals surface area contributed by atoms with E-state index in [9.17, 15) is 4.79 Å². The van der Waals surface area contributed by atoms with Crippen molar-refractivity contribution in [2.75, 3.05) is 5.32 Å². The number of hydrogen-bond acceptors (Lipinski definition) is 1. The molecular formula is C16H18N2O. The Morgan fingerprint density at radius 1 is 1.00 bits per heavy atom. The highest BCUT2D eigenvalue weighted by atomic mass is 16.2. The number of rotatable bonds is 3. The van der Waals surface area contributed by atoms with Gasteiger partial charge in [0.25, 0.3) is 0 Å². The maximum atomic E-state index is 11.9. The van der Waals surface area contributed by atoms with Crippen LogP contribution in [-0.2, 0) is 0 Å². The van der Waals surface area contributed by atoms with Crippen molar-refractivity contribution in [1.82, 2.24) is 5.32 Å². The van der Waals surface area contributed by atoms with Crippen LogP contribution in [-0.4, -0.2) is 6.03 Å². The number of benzene rings is 2. The maximum Gasteiger partial charge on any atom is 0.319 e. The fourth-order valence-corrected chi connectivity index (χ4v) is 1.89. The second kappa shape index (κ2) is 6.05. The molecule has 2 rings (SSSR count). The van der Waals surface area contributed by atoms with Crippen molar-refractivity contribution in [1.29, 1.82) is 0 Å². The summed E-state index contributed by atoms with van der Waals surface area (Å²) >= 11 is 0. The zero-order valence-electron chi connectivity index (χ0n) is 11.2. The lowest BCUT2D eigenvalue weighted by molar-refractivity contribution is 0.249. The van der Waals surface area contributed by atoms with Crippen LogP contribution in [0.3, 0.4) is 0 Å². The molecule has 0 fully saturated rings. The molecule has 0 saturated carbocycles. The Morgan fingerprint density at radius 3 is 2.32 bits per heavy atom. The van der Waals surface area contributed by atoms with Crippen molar-refractivity contribution in [3.8, 4) is 0 Å². The Morgan fingerprint density at radius 2 is 1.63 bits per heavy atom. The standard InChI is InChI=1S/C16H18N2O/c1-12-8-6-7-11-15(12)18-16(19)17-13(2)14-9-4-3-5-10-14/h3-11,13H,1-2H3,(H2,17,18,19)/t13-/m0/s1. The number of carbonyl (C=O) groups excluding carboxylic acids is 1. The fourth-order valence-electron chi connectivity index (χ4n) is 1.89. The number of anilines is 1. The van der Waals surface area contributed by atoms with Gasteiger partial charge in [-0.3, -0.25) is 0 Å². The first kappa shape index (κ1) is 13.1. The molecule has 3 heteroatoms. The lowest BCUT2D eigenvalue weighted by Crippen LogP contribution is -2.31. The van der Waals surface area contributed by atoms with E-state index in [0.717, 1.165) is 16.8 Å². The minimum absolute atomic E-state index is 0.0229. The van der Waals surface area contributed by atoms with Crippen LogP contribution in [0.2, 0.25) is 0 Å². The third-order valence-corrected chi connectivity index (χ3v) is 3.04. The molecule has 19 heavy (non-hydrogen) atoms. The Bertz CT molecular complexity index is 552. The van der Waals surface area contributed by atoms with Crippen molar-refractivity contribution in [3.05, 3.63) is 65.7 Å². The van der Waals surface area contributed by atoms with Crippen molar-refractivity contribution >= 4 is 11.7 Å². The van der Waals surface area contributed by atoms with E-state index < -0.39 is 0 Å². The zero-order chi connectivity index (χ0) is 13.7. The first-order valence-electron chi connectivity index (χ1n) is 6.35. The summed E-state index contributed by atoms with van der Waals surface area (Å²) in [5.74, 6) is 0. The summed E-state index contributed by atoms with van der Waals surface area (Å²) in [5.41, 5.74) is 2.97. The van der Waals surface area contributed by atoms with Gasteiger partial charge in [-0.2, -0.15) is 0 Å². The van der Waals surface area contributed by atoms with E-state index in [0.29, 0.717) is 0 Å². The van der Waals surface area contributed by atoms with Gasteiger partial charge in [-0.15, -0.1) is 0 Å². The van der Waals surface area contributed by atoms with Gasteiger partial charge >= 0.3 is 6.03 Å². The summed E-state index contributed by atoms with van der Waals surface area (Å²) in [5, 5.41) is 5.78.